The largest absolute Gasteiger partial charge is 0.481 e. The van der Waals surface area contributed by atoms with Crippen LogP contribution in [-0.2, 0) is 4.79 Å². The van der Waals surface area contributed by atoms with Gasteiger partial charge in [-0.05, 0) is 25.3 Å². The lowest BCUT2D eigenvalue weighted by molar-refractivity contribution is -0.141. The topological polar surface area (TPSA) is 86.3 Å². The molecule has 2 aromatic heterocycles. The van der Waals surface area contributed by atoms with Gasteiger partial charge >= 0.3 is 5.97 Å². The van der Waals surface area contributed by atoms with Crippen molar-refractivity contribution in [2.75, 3.05) is 18.0 Å². The highest BCUT2D eigenvalue weighted by atomic mass is 32.1. The van der Waals surface area contributed by atoms with Crippen LogP contribution < -0.4 is 10.5 Å². The fourth-order valence-corrected chi connectivity index (χ4v) is 4.28. The maximum atomic E-state index is 12.5. The van der Waals surface area contributed by atoms with Crippen LogP contribution in [0.25, 0.3) is 21.3 Å². The van der Waals surface area contributed by atoms with Gasteiger partial charge in [-0.15, -0.1) is 11.3 Å². The highest BCUT2D eigenvalue weighted by molar-refractivity contribution is 7.17. The van der Waals surface area contributed by atoms with Crippen molar-refractivity contribution in [1.29, 1.82) is 0 Å². The molecule has 1 saturated heterocycles. The Bertz CT molecular complexity index is 1020. The van der Waals surface area contributed by atoms with E-state index >= 15 is 0 Å². The Kier molecular flexibility index (Phi) is 4.24. The van der Waals surface area contributed by atoms with Crippen molar-refractivity contribution in [3.63, 3.8) is 0 Å². The Morgan fingerprint density at radius 1 is 1.35 bits per heavy atom. The van der Waals surface area contributed by atoms with E-state index in [9.17, 15) is 14.7 Å². The summed E-state index contributed by atoms with van der Waals surface area (Å²) in [6.07, 6.45) is 1.43. The molecule has 0 saturated carbocycles. The van der Waals surface area contributed by atoms with Gasteiger partial charge in [0.25, 0.3) is 5.56 Å². The van der Waals surface area contributed by atoms with E-state index < -0.39 is 11.9 Å². The quantitative estimate of drug-likeness (QED) is 0.740. The summed E-state index contributed by atoms with van der Waals surface area (Å²) >= 11 is 1.38. The van der Waals surface area contributed by atoms with Gasteiger partial charge < -0.3 is 10.0 Å². The summed E-state index contributed by atoms with van der Waals surface area (Å²) in [7, 11) is 0. The van der Waals surface area contributed by atoms with Crippen LogP contribution in [0.5, 0.6) is 0 Å². The maximum Gasteiger partial charge on any atom is 0.308 e. The van der Waals surface area contributed by atoms with Gasteiger partial charge in [-0.25, -0.2) is 4.98 Å². The number of carboxylic acid groups (broad SMARTS) is 1. The number of hydrogen-bond acceptors (Lipinski definition) is 5. The lowest BCUT2D eigenvalue weighted by Gasteiger charge is -2.31. The van der Waals surface area contributed by atoms with Crippen LogP contribution in [0, 0.1) is 12.8 Å². The summed E-state index contributed by atoms with van der Waals surface area (Å²) < 4.78 is 0.594. The highest BCUT2D eigenvalue weighted by Gasteiger charge is 2.27. The number of thiophene rings is 1. The third-order valence-electron chi connectivity index (χ3n) is 4.85. The summed E-state index contributed by atoms with van der Waals surface area (Å²) in [5.74, 6) is -0.766. The zero-order valence-corrected chi connectivity index (χ0v) is 15.2. The number of carboxylic acids is 1. The first-order valence-corrected chi connectivity index (χ1v) is 9.47. The molecule has 0 amide bonds. The van der Waals surface area contributed by atoms with E-state index in [1.807, 2.05) is 41.5 Å². The van der Waals surface area contributed by atoms with Crippen molar-refractivity contribution in [3.8, 4) is 11.1 Å². The fraction of sp³-hybridized carbons (Fsp3) is 0.316. The average Bonchev–Trinajstić information content (AvgIpc) is 3.07. The minimum absolute atomic E-state index is 0.175. The number of fused-ring (bicyclic) bond motifs is 1. The molecule has 1 aliphatic rings. The van der Waals surface area contributed by atoms with Crippen LogP contribution >= 0.6 is 11.3 Å². The molecule has 0 spiro atoms. The van der Waals surface area contributed by atoms with Gasteiger partial charge in [-0.1, -0.05) is 29.8 Å². The van der Waals surface area contributed by atoms with Gasteiger partial charge in [-0.2, -0.15) is 0 Å². The SMILES string of the molecule is Cc1ccc(-c2csc3c(=O)[nH]c(N4CCC[C@H](C(=O)O)C4)nc23)cc1. The minimum atomic E-state index is -0.797. The second-order valence-corrected chi connectivity index (χ2v) is 7.59. The number of nitrogens with one attached hydrogen (secondary N) is 1. The van der Waals surface area contributed by atoms with Gasteiger partial charge in [0.05, 0.1) is 11.4 Å². The molecular weight excluding hydrogens is 350 g/mol. The lowest BCUT2D eigenvalue weighted by atomic mass is 9.99. The first-order chi connectivity index (χ1) is 12.5. The Labute approximate surface area is 154 Å². The summed E-state index contributed by atoms with van der Waals surface area (Å²) in [6, 6.07) is 8.13. The molecule has 1 aromatic carbocycles. The van der Waals surface area contributed by atoms with Crippen LogP contribution in [-0.4, -0.2) is 34.1 Å². The number of aryl methyl sites for hydroxylation is 1. The predicted molar refractivity (Wildman–Crippen MR) is 103 cm³/mol. The van der Waals surface area contributed by atoms with E-state index in [1.165, 1.54) is 16.9 Å². The van der Waals surface area contributed by atoms with Gasteiger partial charge in [0, 0.05) is 24.0 Å². The Hall–Kier alpha value is -2.67. The molecule has 0 radical (unpaired) electrons. The number of hydrogen-bond donors (Lipinski definition) is 2. The summed E-state index contributed by atoms with van der Waals surface area (Å²) in [5, 5.41) is 11.3. The van der Waals surface area contributed by atoms with Crippen LogP contribution in [0.2, 0.25) is 0 Å². The molecular formula is C19H19N3O3S. The normalized spacial score (nSPS) is 17.6. The second-order valence-electron chi connectivity index (χ2n) is 6.71. The summed E-state index contributed by atoms with van der Waals surface area (Å²) in [4.78, 5) is 33.3. The fourth-order valence-electron chi connectivity index (χ4n) is 3.37. The monoisotopic (exact) mass is 369 g/mol. The number of aromatic amines is 1. The molecule has 0 unspecified atom stereocenters. The van der Waals surface area contributed by atoms with Crippen molar-refractivity contribution >= 4 is 33.5 Å². The van der Waals surface area contributed by atoms with Crippen LogP contribution in [0.3, 0.4) is 0 Å². The maximum absolute atomic E-state index is 12.5. The van der Waals surface area contributed by atoms with Gasteiger partial charge in [0.15, 0.2) is 0 Å². The standard InChI is InChI=1S/C19H19N3O3S/c1-11-4-6-12(7-5-11)14-10-26-16-15(14)20-19(21-17(16)23)22-8-2-3-13(9-22)18(24)25/h4-7,10,13H,2-3,8-9H2,1H3,(H,24,25)(H,20,21,23)/t13-/m0/s1. The number of carbonyl (C=O) groups is 1. The number of rotatable bonds is 3. The van der Waals surface area contributed by atoms with Crippen molar-refractivity contribution < 1.29 is 9.90 Å². The number of piperidine rings is 1. The molecule has 3 aromatic rings. The Morgan fingerprint density at radius 2 is 2.12 bits per heavy atom. The molecule has 134 valence electrons. The Morgan fingerprint density at radius 3 is 2.85 bits per heavy atom. The zero-order valence-electron chi connectivity index (χ0n) is 14.4. The molecule has 4 rings (SSSR count). The minimum Gasteiger partial charge on any atom is -0.481 e. The third kappa shape index (κ3) is 2.99. The predicted octanol–water partition coefficient (Wildman–Crippen LogP) is 3.26. The number of anilines is 1. The molecule has 3 heterocycles. The second kappa shape index (κ2) is 6.57. The van der Waals surface area contributed by atoms with Crippen LogP contribution in [0.4, 0.5) is 5.95 Å². The molecule has 6 nitrogen and oxygen atoms in total. The van der Waals surface area contributed by atoms with Crippen molar-refractivity contribution in [2.24, 2.45) is 5.92 Å². The number of H-pyrrole nitrogens is 1. The molecule has 26 heavy (non-hydrogen) atoms. The molecule has 1 fully saturated rings. The first kappa shape index (κ1) is 16.8. The van der Waals surface area contributed by atoms with E-state index in [4.69, 9.17) is 4.98 Å². The summed E-state index contributed by atoms with van der Waals surface area (Å²) in [5.41, 5.74) is 3.63. The smallest absolute Gasteiger partial charge is 0.308 e. The average molecular weight is 369 g/mol. The molecule has 7 heteroatoms. The summed E-state index contributed by atoms with van der Waals surface area (Å²) in [6.45, 7) is 3.10. The van der Waals surface area contributed by atoms with Gasteiger partial charge in [0.2, 0.25) is 5.95 Å². The van der Waals surface area contributed by atoms with Crippen LogP contribution in [0.1, 0.15) is 18.4 Å². The van der Waals surface area contributed by atoms with Crippen LogP contribution in [0.15, 0.2) is 34.4 Å². The molecule has 0 aliphatic carbocycles. The zero-order chi connectivity index (χ0) is 18.3. The Balaban J connectivity index is 1.78. The van der Waals surface area contributed by atoms with Crippen molar-refractivity contribution in [1.82, 2.24) is 9.97 Å². The van der Waals surface area contributed by atoms with E-state index in [-0.39, 0.29) is 5.56 Å². The van der Waals surface area contributed by atoms with Crippen molar-refractivity contribution in [3.05, 3.63) is 45.6 Å². The third-order valence-corrected chi connectivity index (χ3v) is 5.81. The van der Waals surface area contributed by atoms with E-state index in [0.29, 0.717) is 35.7 Å². The number of nitrogens with zero attached hydrogens (tertiary/aromatic N) is 2. The van der Waals surface area contributed by atoms with Gasteiger partial charge in [-0.3, -0.25) is 14.6 Å². The lowest BCUT2D eigenvalue weighted by Crippen LogP contribution is -2.40. The molecule has 2 N–H and O–H groups in total. The molecule has 0 bridgehead atoms. The number of aromatic nitrogens is 2. The van der Waals surface area contributed by atoms with E-state index in [1.54, 1.807) is 0 Å². The van der Waals surface area contributed by atoms with Gasteiger partial charge in [0.1, 0.15) is 4.70 Å². The van der Waals surface area contributed by atoms with E-state index in [2.05, 4.69) is 4.98 Å². The number of benzene rings is 1. The molecule has 1 aliphatic heterocycles. The highest BCUT2D eigenvalue weighted by Crippen LogP contribution is 2.32. The number of aliphatic carboxylic acids is 1. The van der Waals surface area contributed by atoms with Crippen molar-refractivity contribution in [2.45, 2.75) is 19.8 Å². The first-order valence-electron chi connectivity index (χ1n) is 8.59. The van der Waals surface area contributed by atoms with E-state index in [0.717, 1.165) is 17.5 Å². The molecule has 1 atom stereocenters.